The zero-order valence-electron chi connectivity index (χ0n) is 15.2. The number of nitrogens with one attached hydrogen (secondary N) is 1. The van der Waals surface area contributed by atoms with Crippen molar-refractivity contribution in [2.24, 2.45) is 5.92 Å². The van der Waals surface area contributed by atoms with Gasteiger partial charge in [-0.2, -0.15) is 0 Å². The highest BCUT2D eigenvalue weighted by molar-refractivity contribution is 5.80. The van der Waals surface area contributed by atoms with Crippen molar-refractivity contribution in [3.63, 3.8) is 0 Å². The van der Waals surface area contributed by atoms with E-state index in [1.807, 2.05) is 25.1 Å². The third-order valence-electron chi connectivity index (χ3n) is 5.10. The van der Waals surface area contributed by atoms with Crippen molar-refractivity contribution >= 4 is 11.6 Å². The van der Waals surface area contributed by atoms with Gasteiger partial charge >= 0.3 is 0 Å². The minimum absolute atomic E-state index is 0.1000. The summed E-state index contributed by atoms with van der Waals surface area (Å²) in [5.74, 6) is 0.851. The van der Waals surface area contributed by atoms with Gasteiger partial charge in [0.1, 0.15) is 5.75 Å². The predicted octanol–water partition coefficient (Wildman–Crippen LogP) is 2.76. The summed E-state index contributed by atoms with van der Waals surface area (Å²) >= 11 is 0. The van der Waals surface area contributed by atoms with E-state index in [1.165, 1.54) is 0 Å². The number of hydrogen-bond acceptors (Lipinski definition) is 4. The smallest absolute Gasteiger partial charge is 0.226 e. The number of anilines is 1. The highest BCUT2D eigenvalue weighted by Crippen LogP contribution is 2.27. The van der Waals surface area contributed by atoms with E-state index in [1.54, 1.807) is 7.11 Å². The minimum atomic E-state index is -0.141. The van der Waals surface area contributed by atoms with Crippen LogP contribution in [0, 0.1) is 5.92 Å². The third kappa shape index (κ3) is 4.15. The number of carbonyl (C=O) groups excluding carboxylic acids is 1. The number of hydrogen-bond donors (Lipinski definition) is 1. The molecule has 2 aliphatic rings. The molecule has 1 aromatic carbocycles. The van der Waals surface area contributed by atoms with Gasteiger partial charge < -0.3 is 19.7 Å². The van der Waals surface area contributed by atoms with Gasteiger partial charge in [-0.15, -0.1) is 0 Å². The summed E-state index contributed by atoms with van der Waals surface area (Å²) in [4.78, 5) is 15.0. The number of benzene rings is 1. The first kappa shape index (κ1) is 17.8. The fourth-order valence-electron chi connectivity index (χ4n) is 3.79. The molecule has 0 saturated carbocycles. The molecule has 3 atom stereocenters. The van der Waals surface area contributed by atoms with Gasteiger partial charge in [0.15, 0.2) is 0 Å². The molecule has 0 aromatic heterocycles. The Balaban J connectivity index is 1.61. The van der Waals surface area contributed by atoms with Crippen molar-refractivity contribution in [1.82, 2.24) is 5.32 Å². The molecule has 2 fully saturated rings. The van der Waals surface area contributed by atoms with Crippen LogP contribution in [0.2, 0.25) is 0 Å². The molecule has 1 aromatic rings. The van der Waals surface area contributed by atoms with Crippen LogP contribution in [0.1, 0.15) is 26.2 Å². The van der Waals surface area contributed by atoms with E-state index >= 15 is 0 Å². The summed E-state index contributed by atoms with van der Waals surface area (Å²) in [5.41, 5.74) is 2.07. The Bertz CT molecular complexity index is 631. The Labute approximate surface area is 150 Å². The summed E-state index contributed by atoms with van der Waals surface area (Å²) in [7, 11) is 1.68. The molecule has 0 bridgehead atoms. The van der Waals surface area contributed by atoms with Gasteiger partial charge in [0.05, 0.1) is 19.1 Å². The van der Waals surface area contributed by atoms with E-state index in [9.17, 15) is 4.79 Å². The van der Waals surface area contributed by atoms with Crippen LogP contribution in [0.3, 0.4) is 0 Å². The first-order valence-corrected chi connectivity index (χ1v) is 9.05. The SMILES string of the molecule is C=C(C)[C@H]1OCC[C@H]1C(=O)N[C@H]1CCCN(c2cccc(OC)c2)C1. The second kappa shape index (κ2) is 7.91. The lowest BCUT2D eigenvalue weighted by atomic mass is 9.95. The highest BCUT2D eigenvalue weighted by atomic mass is 16.5. The topological polar surface area (TPSA) is 50.8 Å². The molecular weight excluding hydrogens is 316 g/mol. The fourth-order valence-corrected chi connectivity index (χ4v) is 3.79. The van der Waals surface area contributed by atoms with E-state index in [-0.39, 0.29) is 24.0 Å². The van der Waals surface area contributed by atoms with Gasteiger partial charge in [0.2, 0.25) is 5.91 Å². The normalized spacial score (nSPS) is 26.3. The van der Waals surface area contributed by atoms with Crippen molar-refractivity contribution in [2.75, 3.05) is 31.7 Å². The van der Waals surface area contributed by atoms with Gasteiger partial charge in [-0.05, 0) is 38.3 Å². The fraction of sp³-hybridized carbons (Fsp3) is 0.550. The Hall–Kier alpha value is -2.01. The number of rotatable bonds is 5. The number of carbonyl (C=O) groups is 1. The maximum absolute atomic E-state index is 12.7. The first-order valence-electron chi connectivity index (χ1n) is 9.05. The number of nitrogens with zero attached hydrogens (tertiary/aromatic N) is 1. The summed E-state index contributed by atoms with van der Waals surface area (Å²) < 4.78 is 11.0. The molecule has 2 saturated heterocycles. The molecule has 1 amide bonds. The zero-order valence-corrected chi connectivity index (χ0v) is 15.2. The maximum atomic E-state index is 12.7. The molecule has 25 heavy (non-hydrogen) atoms. The summed E-state index contributed by atoms with van der Waals surface area (Å²) in [5, 5.41) is 3.24. The summed E-state index contributed by atoms with van der Waals surface area (Å²) in [6.07, 6.45) is 2.71. The van der Waals surface area contributed by atoms with Gasteiger partial charge in [0.25, 0.3) is 0 Å². The molecule has 1 N–H and O–H groups in total. The van der Waals surface area contributed by atoms with Gasteiger partial charge in [-0.3, -0.25) is 4.79 Å². The van der Waals surface area contributed by atoms with E-state index in [4.69, 9.17) is 9.47 Å². The molecule has 0 spiro atoms. The first-order chi connectivity index (χ1) is 12.1. The average Bonchev–Trinajstić information content (AvgIpc) is 3.12. The second-order valence-corrected chi connectivity index (χ2v) is 7.03. The average molecular weight is 344 g/mol. The molecule has 0 aliphatic carbocycles. The molecule has 0 unspecified atom stereocenters. The van der Waals surface area contributed by atoms with Crippen LogP contribution in [0.4, 0.5) is 5.69 Å². The Kier molecular flexibility index (Phi) is 5.63. The maximum Gasteiger partial charge on any atom is 0.226 e. The second-order valence-electron chi connectivity index (χ2n) is 7.03. The third-order valence-corrected chi connectivity index (χ3v) is 5.10. The highest BCUT2D eigenvalue weighted by Gasteiger charge is 2.35. The van der Waals surface area contributed by atoms with E-state index in [0.717, 1.165) is 49.4 Å². The molecule has 2 aliphatic heterocycles. The standard InChI is InChI=1S/C20H28N2O3/c1-14(2)19-18(9-11-25-19)20(23)21-15-6-5-10-22(13-15)16-7-4-8-17(12-16)24-3/h4,7-8,12,15,18-19H,1,5-6,9-11,13H2,2-3H3,(H,21,23)/t15-,18+,19+/m0/s1. The molecular formula is C20H28N2O3. The molecule has 5 heteroatoms. The number of piperidine rings is 1. The lowest BCUT2D eigenvalue weighted by molar-refractivity contribution is -0.126. The van der Waals surface area contributed by atoms with E-state index < -0.39 is 0 Å². The van der Waals surface area contributed by atoms with Gasteiger partial charge in [0, 0.05) is 37.5 Å². The molecule has 5 nitrogen and oxygen atoms in total. The van der Waals surface area contributed by atoms with Gasteiger partial charge in [-0.25, -0.2) is 0 Å². The molecule has 3 rings (SSSR count). The Morgan fingerprint density at radius 1 is 1.40 bits per heavy atom. The van der Waals surface area contributed by atoms with Crippen molar-refractivity contribution in [2.45, 2.75) is 38.3 Å². The lowest BCUT2D eigenvalue weighted by Gasteiger charge is -2.35. The van der Waals surface area contributed by atoms with Crippen LogP contribution < -0.4 is 15.0 Å². The Morgan fingerprint density at radius 3 is 3.00 bits per heavy atom. The number of amides is 1. The van der Waals surface area contributed by atoms with Crippen LogP contribution in [0.5, 0.6) is 5.75 Å². The summed E-state index contributed by atoms with van der Waals surface area (Å²) in [6, 6.07) is 8.26. The lowest BCUT2D eigenvalue weighted by Crippen LogP contribution is -2.50. The molecule has 136 valence electrons. The predicted molar refractivity (Wildman–Crippen MR) is 99.0 cm³/mol. The van der Waals surface area contributed by atoms with Crippen LogP contribution in [-0.2, 0) is 9.53 Å². The van der Waals surface area contributed by atoms with Crippen molar-refractivity contribution < 1.29 is 14.3 Å². The summed E-state index contributed by atoms with van der Waals surface area (Å²) in [6.45, 7) is 8.35. The van der Waals surface area contributed by atoms with E-state index in [2.05, 4.69) is 22.9 Å². The molecule has 0 radical (unpaired) electrons. The van der Waals surface area contributed by atoms with Crippen LogP contribution >= 0.6 is 0 Å². The monoisotopic (exact) mass is 344 g/mol. The zero-order chi connectivity index (χ0) is 17.8. The van der Waals surface area contributed by atoms with Crippen molar-refractivity contribution in [3.05, 3.63) is 36.4 Å². The van der Waals surface area contributed by atoms with Crippen LogP contribution in [0.25, 0.3) is 0 Å². The quantitative estimate of drug-likeness (QED) is 0.835. The van der Waals surface area contributed by atoms with E-state index in [0.29, 0.717) is 6.61 Å². The molecule has 2 heterocycles. The van der Waals surface area contributed by atoms with Crippen LogP contribution in [0.15, 0.2) is 36.4 Å². The number of ether oxygens (including phenoxy) is 2. The minimum Gasteiger partial charge on any atom is -0.497 e. The van der Waals surface area contributed by atoms with Gasteiger partial charge in [-0.1, -0.05) is 18.2 Å². The van der Waals surface area contributed by atoms with Crippen LogP contribution in [-0.4, -0.2) is 44.9 Å². The number of methoxy groups -OCH3 is 1. The largest absolute Gasteiger partial charge is 0.497 e. The Morgan fingerprint density at radius 2 is 2.24 bits per heavy atom. The van der Waals surface area contributed by atoms with Crippen molar-refractivity contribution in [3.8, 4) is 5.75 Å². The van der Waals surface area contributed by atoms with Crippen molar-refractivity contribution in [1.29, 1.82) is 0 Å².